The first-order valence-corrected chi connectivity index (χ1v) is 5.92. The van der Waals surface area contributed by atoms with E-state index in [0.29, 0.717) is 16.7 Å². The Bertz CT molecular complexity index is 748. The highest BCUT2D eigenvalue weighted by Crippen LogP contribution is 2.24. The fraction of sp³-hybridized carbons (Fsp3) is 0.0769. The van der Waals surface area contributed by atoms with E-state index in [4.69, 9.17) is 16.3 Å². The number of halogens is 1. The van der Waals surface area contributed by atoms with E-state index in [1.165, 1.54) is 0 Å². The molecule has 0 atom stereocenters. The van der Waals surface area contributed by atoms with Crippen LogP contribution in [0.3, 0.4) is 0 Å². The van der Waals surface area contributed by atoms with Gasteiger partial charge in [0.25, 0.3) is 0 Å². The Labute approximate surface area is 114 Å². The van der Waals surface area contributed by atoms with Gasteiger partial charge in [0.05, 0.1) is 30.4 Å². The third kappa shape index (κ3) is 2.20. The topological polar surface area (TPSA) is 60.8 Å². The first-order valence-electron chi connectivity index (χ1n) is 5.54. The fourth-order valence-corrected chi connectivity index (χ4v) is 1.95. The summed E-state index contributed by atoms with van der Waals surface area (Å²) < 4.78 is 5.22. The van der Waals surface area contributed by atoms with Gasteiger partial charge in [-0.2, -0.15) is 0 Å². The molecular weight excluding hydrogens is 264 g/mol. The van der Waals surface area contributed by atoms with Gasteiger partial charge in [-0.25, -0.2) is 15.0 Å². The maximum absolute atomic E-state index is 5.86. The van der Waals surface area contributed by atoms with Gasteiger partial charge in [0, 0.05) is 18.0 Å². The summed E-state index contributed by atoms with van der Waals surface area (Å²) in [6.45, 7) is 0. The highest BCUT2D eigenvalue weighted by atomic mass is 35.5. The van der Waals surface area contributed by atoms with Crippen molar-refractivity contribution in [2.45, 2.75) is 0 Å². The summed E-state index contributed by atoms with van der Waals surface area (Å²) in [5.41, 5.74) is 1.53. The molecule has 0 spiro atoms. The first kappa shape index (κ1) is 11.8. The van der Waals surface area contributed by atoms with Crippen LogP contribution in [0.2, 0.25) is 5.15 Å². The van der Waals surface area contributed by atoms with Crippen molar-refractivity contribution in [3.63, 3.8) is 0 Å². The molecule has 0 radical (unpaired) electrons. The Balaban J connectivity index is 2.17. The standard InChI is InChI=1S/C13H9ClN4O/c1-19-11-7-15-6-10-9(11)5-17-13(18-10)8-2-3-16-12(14)4-8/h2-7H,1H3. The minimum atomic E-state index is 0.407. The summed E-state index contributed by atoms with van der Waals surface area (Å²) in [6.07, 6.45) is 6.64. The molecule has 3 aromatic rings. The molecular formula is C13H9ClN4O. The van der Waals surface area contributed by atoms with Crippen molar-refractivity contribution in [3.05, 3.63) is 42.1 Å². The van der Waals surface area contributed by atoms with Gasteiger partial charge in [-0.15, -0.1) is 0 Å². The number of hydrogen-bond acceptors (Lipinski definition) is 5. The van der Waals surface area contributed by atoms with Crippen LogP contribution in [0.15, 0.2) is 36.9 Å². The molecule has 0 aliphatic rings. The van der Waals surface area contributed by atoms with Crippen molar-refractivity contribution >= 4 is 22.5 Å². The van der Waals surface area contributed by atoms with Crippen LogP contribution in [0.4, 0.5) is 0 Å². The van der Waals surface area contributed by atoms with E-state index in [1.807, 2.05) is 0 Å². The summed E-state index contributed by atoms with van der Waals surface area (Å²) in [5, 5.41) is 1.23. The molecule has 5 nitrogen and oxygen atoms in total. The number of nitrogens with zero attached hydrogens (tertiary/aromatic N) is 4. The maximum Gasteiger partial charge on any atom is 0.160 e. The maximum atomic E-state index is 5.86. The Morgan fingerprint density at radius 2 is 2.05 bits per heavy atom. The predicted molar refractivity (Wildman–Crippen MR) is 72.1 cm³/mol. The second-order valence-corrected chi connectivity index (χ2v) is 4.22. The number of fused-ring (bicyclic) bond motifs is 1. The normalized spacial score (nSPS) is 10.6. The number of methoxy groups -OCH3 is 1. The van der Waals surface area contributed by atoms with Crippen molar-refractivity contribution in [1.82, 2.24) is 19.9 Å². The van der Waals surface area contributed by atoms with E-state index >= 15 is 0 Å². The lowest BCUT2D eigenvalue weighted by Gasteiger charge is -2.05. The minimum absolute atomic E-state index is 0.407. The molecule has 19 heavy (non-hydrogen) atoms. The molecule has 3 aromatic heterocycles. The average molecular weight is 273 g/mol. The third-order valence-corrected chi connectivity index (χ3v) is 2.88. The molecule has 0 amide bonds. The molecule has 3 heterocycles. The molecule has 0 aromatic carbocycles. The lowest BCUT2D eigenvalue weighted by molar-refractivity contribution is 0.418. The van der Waals surface area contributed by atoms with Crippen LogP contribution >= 0.6 is 11.6 Å². The van der Waals surface area contributed by atoms with Crippen LogP contribution < -0.4 is 4.74 Å². The SMILES string of the molecule is COc1cncc2nc(-c3ccnc(Cl)c3)ncc12. The molecule has 0 N–H and O–H groups in total. The second-order valence-electron chi connectivity index (χ2n) is 3.84. The van der Waals surface area contributed by atoms with E-state index in [9.17, 15) is 0 Å². The molecule has 0 aliphatic carbocycles. The number of aromatic nitrogens is 4. The van der Waals surface area contributed by atoms with Crippen molar-refractivity contribution in [2.24, 2.45) is 0 Å². The van der Waals surface area contributed by atoms with Gasteiger partial charge in [0.1, 0.15) is 10.9 Å². The molecule has 0 bridgehead atoms. The van der Waals surface area contributed by atoms with Crippen molar-refractivity contribution < 1.29 is 4.74 Å². The lowest BCUT2D eigenvalue weighted by Crippen LogP contribution is -1.93. The van der Waals surface area contributed by atoms with Crippen LogP contribution in [-0.4, -0.2) is 27.0 Å². The number of ether oxygens (including phenoxy) is 1. The number of hydrogen-bond donors (Lipinski definition) is 0. The monoisotopic (exact) mass is 272 g/mol. The molecule has 0 unspecified atom stereocenters. The summed E-state index contributed by atoms with van der Waals surface area (Å²) in [6, 6.07) is 3.52. The van der Waals surface area contributed by atoms with Crippen molar-refractivity contribution in [2.75, 3.05) is 7.11 Å². The van der Waals surface area contributed by atoms with Gasteiger partial charge in [-0.3, -0.25) is 4.98 Å². The first-order chi connectivity index (χ1) is 9.28. The Morgan fingerprint density at radius 1 is 1.16 bits per heavy atom. The van der Waals surface area contributed by atoms with Gasteiger partial charge < -0.3 is 4.74 Å². The molecule has 94 valence electrons. The van der Waals surface area contributed by atoms with Gasteiger partial charge in [-0.05, 0) is 12.1 Å². The third-order valence-electron chi connectivity index (χ3n) is 2.68. The van der Waals surface area contributed by atoms with E-state index in [2.05, 4.69) is 19.9 Å². The quantitative estimate of drug-likeness (QED) is 0.671. The lowest BCUT2D eigenvalue weighted by atomic mass is 10.2. The molecule has 6 heteroatoms. The van der Waals surface area contributed by atoms with Gasteiger partial charge in [0.2, 0.25) is 0 Å². The Kier molecular flexibility index (Phi) is 2.97. The predicted octanol–water partition coefficient (Wildman–Crippen LogP) is 2.75. The summed E-state index contributed by atoms with van der Waals surface area (Å²) in [7, 11) is 1.59. The fourth-order valence-electron chi connectivity index (χ4n) is 1.77. The largest absolute Gasteiger partial charge is 0.494 e. The highest BCUT2D eigenvalue weighted by Gasteiger charge is 2.07. The Hall–Kier alpha value is -2.27. The minimum Gasteiger partial charge on any atom is -0.494 e. The van der Waals surface area contributed by atoms with Gasteiger partial charge >= 0.3 is 0 Å². The zero-order valence-corrected chi connectivity index (χ0v) is 10.8. The van der Waals surface area contributed by atoms with E-state index < -0.39 is 0 Å². The van der Waals surface area contributed by atoms with Crippen LogP contribution in [0.1, 0.15) is 0 Å². The summed E-state index contributed by atoms with van der Waals surface area (Å²) in [5.74, 6) is 1.23. The van der Waals surface area contributed by atoms with Crippen LogP contribution in [-0.2, 0) is 0 Å². The molecule has 0 fully saturated rings. The summed E-state index contributed by atoms with van der Waals surface area (Å²) in [4.78, 5) is 16.8. The zero-order chi connectivity index (χ0) is 13.2. The van der Waals surface area contributed by atoms with Crippen LogP contribution in [0, 0.1) is 0 Å². The Morgan fingerprint density at radius 3 is 2.84 bits per heavy atom. The van der Waals surface area contributed by atoms with E-state index in [1.54, 1.807) is 44.0 Å². The molecule has 0 aliphatic heterocycles. The average Bonchev–Trinajstić information content (AvgIpc) is 2.46. The molecule has 0 saturated carbocycles. The molecule has 0 saturated heterocycles. The van der Waals surface area contributed by atoms with Crippen LogP contribution in [0.5, 0.6) is 5.75 Å². The van der Waals surface area contributed by atoms with Crippen molar-refractivity contribution in [1.29, 1.82) is 0 Å². The van der Waals surface area contributed by atoms with Gasteiger partial charge in [-0.1, -0.05) is 11.6 Å². The molecule has 3 rings (SSSR count). The van der Waals surface area contributed by atoms with E-state index in [0.717, 1.165) is 16.5 Å². The zero-order valence-electron chi connectivity index (χ0n) is 10.0. The second kappa shape index (κ2) is 4.78. The summed E-state index contributed by atoms with van der Waals surface area (Å²) >= 11 is 5.86. The number of rotatable bonds is 2. The number of pyridine rings is 2. The smallest absolute Gasteiger partial charge is 0.160 e. The highest BCUT2D eigenvalue weighted by molar-refractivity contribution is 6.29. The van der Waals surface area contributed by atoms with Crippen LogP contribution in [0.25, 0.3) is 22.3 Å². The van der Waals surface area contributed by atoms with E-state index in [-0.39, 0.29) is 0 Å². The van der Waals surface area contributed by atoms with Crippen molar-refractivity contribution in [3.8, 4) is 17.1 Å². The van der Waals surface area contributed by atoms with Gasteiger partial charge in [0.15, 0.2) is 5.82 Å².